The van der Waals surface area contributed by atoms with E-state index in [1.807, 2.05) is 6.07 Å². The van der Waals surface area contributed by atoms with Crippen LogP contribution in [0.5, 0.6) is 11.5 Å². The van der Waals surface area contributed by atoms with Crippen LogP contribution in [0.25, 0.3) is 20.7 Å². The second-order valence-corrected chi connectivity index (χ2v) is 8.44. The maximum absolute atomic E-state index is 14.3. The quantitative estimate of drug-likeness (QED) is 0.332. The lowest BCUT2D eigenvalue weighted by Crippen LogP contribution is -2.43. The Morgan fingerprint density at radius 3 is 2.56 bits per heavy atom. The predicted molar refractivity (Wildman–Crippen MR) is 123 cm³/mol. The lowest BCUT2D eigenvalue weighted by molar-refractivity contribution is -0.385. The molecule has 9 heteroatoms. The van der Waals surface area contributed by atoms with E-state index in [0.29, 0.717) is 5.75 Å². The van der Waals surface area contributed by atoms with Gasteiger partial charge >= 0.3 is 0 Å². The van der Waals surface area contributed by atoms with Crippen LogP contribution in [0.1, 0.15) is 0 Å². The van der Waals surface area contributed by atoms with Crippen molar-refractivity contribution >= 4 is 32.9 Å². The van der Waals surface area contributed by atoms with E-state index in [1.54, 1.807) is 12.3 Å². The number of aromatic nitrogens is 1. The van der Waals surface area contributed by atoms with E-state index in [-0.39, 0.29) is 11.4 Å². The average Bonchev–Trinajstić information content (AvgIpc) is 3.26. The van der Waals surface area contributed by atoms with Crippen LogP contribution < -0.4 is 15.0 Å². The number of ether oxygens (including phenoxy) is 1. The number of benzene rings is 2. The molecule has 1 fully saturated rings. The molecule has 1 saturated heterocycles. The molecule has 3 heterocycles. The molecule has 0 unspecified atom stereocenters. The number of halogens is 1. The number of thiophene rings is 1. The van der Waals surface area contributed by atoms with Crippen molar-refractivity contribution in [3.8, 4) is 21.9 Å². The van der Waals surface area contributed by atoms with E-state index >= 15 is 0 Å². The monoisotopic (exact) mass is 450 g/mol. The third-order valence-electron chi connectivity index (χ3n) is 5.36. The maximum Gasteiger partial charge on any atom is 0.272 e. The molecule has 32 heavy (non-hydrogen) atoms. The summed E-state index contributed by atoms with van der Waals surface area (Å²) in [7, 11) is 0. The molecule has 1 aliphatic rings. The first kappa shape index (κ1) is 20.3. The van der Waals surface area contributed by atoms with E-state index in [0.717, 1.165) is 52.9 Å². The topological polar surface area (TPSA) is 80.5 Å². The summed E-state index contributed by atoms with van der Waals surface area (Å²) in [5, 5.41) is 14.2. The molecule has 162 valence electrons. The second kappa shape index (κ2) is 8.52. The molecule has 2 aromatic carbocycles. The van der Waals surface area contributed by atoms with Crippen molar-refractivity contribution in [2.24, 2.45) is 0 Å². The number of rotatable bonds is 5. The third-order valence-corrected chi connectivity index (χ3v) is 6.54. The summed E-state index contributed by atoms with van der Waals surface area (Å²) in [5.74, 6) is -0.403. The Labute approximate surface area is 187 Å². The Bertz CT molecular complexity index is 1290. The van der Waals surface area contributed by atoms with Crippen molar-refractivity contribution in [3.05, 3.63) is 76.7 Å². The summed E-state index contributed by atoms with van der Waals surface area (Å²) in [6.45, 7) is 3.96. The zero-order valence-electron chi connectivity index (χ0n) is 17.0. The van der Waals surface area contributed by atoms with Gasteiger partial charge in [0.15, 0.2) is 11.6 Å². The molecule has 4 aromatic rings. The Kier molecular flexibility index (Phi) is 5.42. The highest BCUT2D eigenvalue weighted by molar-refractivity contribution is 7.22. The smallest absolute Gasteiger partial charge is 0.272 e. The Morgan fingerprint density at radius 2 is 1.84 bits per heavy atom. The largest absolute Gasteiger partial charge is 0.453 e. The summed E-state index contributed by atoms with van der Waals surface area (Å²) in [6, 6.07) is 15.4. The number of nitrogens with zero attached hydrogens (tertiary/aromatic N) is 3. The van der Waals surface area contributed by atoms with Gasteiger partial charge in [0.2, 0.25) is 0 Å². The molecule has 2 aromatic heterocycles. The lowest BCUT2D eigenvalue weighted by Gasteiger charge is -2.29. The summed E-state index contributed by atoms with van der Waals surface area (Å²) in [5.41, 5.74) is 2.69. The van der Waals surface area contributed by atoms with E-state index in [1.165, 1.54) is 29.2 Å². The number of hydrogen-bond donors (Lipinski definition) is 1. The van der Waals surface area contributed by atoms with Gasteiger partial charge in [-0.25, -0.2) is 4.39 Å². The van der Waals surface area contributed by atoms with Crippen LogP contribution >= 0.6 is 11.3 Å². The minimum absolute atomic E-state index is 0.0709. The molecule has 1 N–H and O–H groups in total. The van der Waals surface area contributed by atoms with E-state index < -0.39 is 10.7 Å². The van der Waals surface area contributed by atoms with Crippen LogP contribution in [0, 0.1) is 15.9 Å². The zero-order valence-corrected chi connectivity index (χ0v) is 17.8. The lowest BCUT2D eigenvalue weighted by atomic mass is 10.1. The van der Waals surface area contributed by atoms with Crippen LogP contribution in [0.2, 0.25) is 0 Å². The number of nitro groups is 1. The first-order valence-electron chi connectivity index (χ1n) is 10.1. The third kappa shape index (κ3) is 4.00. The van der Waals surface area contributed by atoms with Gasteiger partial charge in [0.1, 0.15) is 5.75 Å². The SMILES string of the molecule is O=[N+]([O-])c1ccc(Oc2ccnc3cc(-c4ccc(N5CCNCC5)cc4)sc23)c(F)c1. The molecule has 0 amide bonds. The van der Waals surface area contributed by atoms with Crippen LogP contribution in [0.15, 0.2) is 60.8 Å². The van der Waals surface area contributed by atoms with Gasteiger partial charge in [0, 0.05) is 55.1 Å². The number of anilines is 1. The summed E-state index contributed by atoms with van der Waals surface area (Å²) in [6.07, 6.45) is 1.60. The second-order valence-electron chi connectivity index (χ2n) is 7.39. The Hall–Kier alpha value is -3.56. The highest BCUT2D eigenvalue weighted by Gasteiger charge is 2.16. The number of nitro benzene ring substituents is 1. The number of hydrogen-bond acceptors (Lipinski definition) is 7. The van der Waals surface area contributed by atoms with Gasteiger partial charge in [0.25, 0.3) is 5.69 Å². The predicted octanol–water partition coefficient (Wildman–Crippen LogP) is 5.21. The summed E-state index contributed by atoms with van der Waals surface area (Å²) < 4.78 is 20.9. The van der Waals surface area contributed by atoms with Crippen molar-refractivity contribution in [2.75, 3.05) is 31.1 Å². The fraction of sp³-hybridized carbons (Fsp3) is 0.174. The van der Waals surface area contributed by atoms with Crippen molar-refractivity contribution in [2.45, 2.75) is 0 Å². The molecule has 0 spiro atoms. The molecule has 7 nitrogen and oxygen atoms in total. The first-order valence-corrected chi connectivity index (χ1v) is 11.0. The van der Waals surface area contributed by atoms with Crippen molar-refractivity contribution in [1.29, 1.82) is 0 Å². The molecule has 0 atom stereocenters. The highest BCUT2D eigenvalue weighted by atomic mass is 32.1. The number of non-ortho nitro benzene ring substituents is 1. The van der Waals surface area contributed by atoms with Gasteiger partial charge in [0.05, 0.1) is 21.2 Å². The van der Waals surface area contributed by atoms with Crippen molar-refractivity contribution in [3.63, 3.8) is 0 Å². The Balaban J connectivity index is 1.43. The number of pyridine rings is 1. The summed E-state index contributed by atoms with van der Waals surface area (Å²) >= 11 is 1.51. The van der Waals surface area contributed by atoms with E-state index in [9.17, 15) is 14.5 Å². The normalized spacial score (nSPS) is 14.0. The van der Waals surface area contributed by atoms with Crippen LogP contribution in [-0.2, 0) is 0 Å². The van der Waals surface area contributed by atoms with Crippen molar-refractivity contribution < 1.29 is 14.1 Å². The number of fused-ring (bicyclic) bond motifs is 1. The molecule has 0 aliphatic carbocycles. The fourth-order valence-electron chi connectivity index (χ4n) is 3.70. The fourth-order valence-corrected chi connectivity index (χ4v) is 4.77. The van der Waals surface area contributed by atoms with Crippen LogP contribution in [0.4, 0.5) is 15.8 Å². The average molecular weight is 450 g/mol. The van der Waals surface area contributed by atoms with Gasteiger partial charge in [-0.15, -0.1) is 11.3 Å². The van der Waals surface area contributed by atoms with Gasteiger partial charge < -0.3 is 15.0 Å². The molecule has 0 bridgehead atoms. The van der Waals surface area contributed by atoms with Gasteiger partial charge in [-0.3, -0.25) is 15.1 Å². The van der Waals surface area contributed by atoms with Gasteiger partial charge in [-0.05, 0) is 29.8 Å². The molecule has 0 saturated carbocycles. The maximum atomic E-state index is 14.3. The molecular weight excluding hydrogens is 431 g/mol. The molecule has 0 radical (unpaired) electrons. The van der Waals surface area contributed by atoms with Crippen molar-refractivity contribution in [1.82, 2.24) is 10.3 Å². The van der Waals surface area contributed by atoms with E-state index in [2.05, 4.69) is 39.5 Å². The molecular formula is C23H19FN4O3S. The van der Waals surface area contributed by atoms with E-state index in [4.69, 9.17) is 4.74 Å². The minimum Gasteiger partial charge on any atom is -0.453 e. The molecule has 5 rings (SSSR count). The van der Waals surface area contributed by atoms with Gasteiger partial charge in [-0.1, -0.05) is 12.1 Å². The van der Waals surface area contributed by atoms with Gasteiger partial charge in [-0.2, -0.15) is 0 Å². The first-order chi connectivity index (χ1) is 15.6. The minimum atomic E-state index is -0.788. The number of piperazine rings is 1. The Morgan fingerprint density at radius 1 is 1.06 bits per heavy atom. The van der Waals surface area contributed by atoms with Crippen LogP contribution in [0.3, 0.4) is 0 Å². The summed E-state index contributed by atoms with van der Waals surface area (Å²) in [4.78, 5) is 18.0. The molecule has 1 aliphatic heterocycles. The number of nitrogens with one attached hydrogen (secondary N) is 1. The van der Waals surface area contributed by atoms with Crippen LogP contribution in [-0.4, -0.2) is 36.1 Å². The zero-order chi connectivity index (χ0) is 22.1. The standard InChI is InChI=1S/C23H19FN4O3S/c24-18-13-17(28(29)30)5-6-20(18)31-21-7-8-26-19-14-22(32-23(19)21)15-1-3-16(4-2-15)27-11-9-25-10-12-27/h1-8,13-14,25H,9-12H2. The highest BCUT2D eigenvalue weighted by Crippen LogP contribution is 2.40.